The van der Waals surface area contributed by atoms with Gasteiger partial charge in [0.25, 0.3) is 0 Å². The molecule has 0 spiro atoms. The third-order valence-corrected chi connectivity index (χ3v) is 14.6. The van der Waals surface area contributed by atoms with Crippen LogP contribution in [0.2, 0.25) is 17.3 Å². The molecule has 0 aliphatic heterocycles. The van der Waals surface area contributed by atoms with E-state index in [4.69, 9.17) is 14.4 Å². The number of hydrogen-bond acceptors (Lipinski definition) is 5. The predicted octanol–water partition coefficient (Wildman–Crippen LogP) is 11.9. The fourth-order valence-corrected chi connectivity index (χ4v) is 11.0. The Balaban J connectivity index is 0.000000193. The Morgan fingerprint density at radius 3 is 2.28 bits per heavy atom. The maximum atomic E-state index is 6.30. The van der Waals surface area contributed by atoms with Crippen molar-refractivity contribution in [3.63, 3.8) is 0 Å². The van der Waals surface area contributed by atoms with Crippen LogP contribution in [0.25, 0.3) is 55.8 Å². The number of fused-ring (bicyclic) bond motifs is 3. The fourth-order valence-electron chi connectivity index (χ4n) is 7.67. The average molecular weight is 952 g/mol. The minimum absolute atomic E-state index is 0. The molecule has 0 bridgehead atoms. The molecule has 0 unspecified atom stereocenters. The van der Waals surface area contributed by atoms with Crippen molar-refractivity contribution in [2.24, 2.45) is 5.92 Å². The first-order valence-corrected chi connectivity index (χ1v) is 26.5. The molecule has 279 valence electrons. The second-order valence-corrected chi connectivity index (χ2v) is 26.6. The normalized spacial score (nSPS) is 13.5. The molecule has 0 N–H and O–H groups in total. The van der Waals surface area contributed by atoms with Crippen molar-refractivity contribution in [1.82, 2.24) is 19.9 Å². The predicted molar refractivity (Wildman–Crippen MR) is 222 cm³/mol. The Bertz CT molecular complexity index is 2360. The number of pyridine rings is 4. The van der Waals surface area contributed by atoms with Gasteiger partial charge in [-0.05, 0) is 42.7 Å². The van der Waals surface area contributed by atoms with Gasteiger partial charge in [0.2, 0.25) is 5.71 Å². The zero-order valence-electron chi connectivity index (χ0n) is 32.6. The minimum atomic E-state index is -1.90. The topological polar surface area (TPSA) is 64.7 Å². The standard InChI is InChI=1S/C28H23N2O.C19H27GeN2.Ir/c1-3-8-19(9-4-1)21-16-17-29-26(18-21)24-13-7-12-22-23-14-15-25(20-10-5-2-6-11-20)30-28(23)31-27(22)24;1-13(2)10-16-11-19(21-12-18(16)20(5,6)7)17-9-8-14(3)22-15(17)4;/h2,5-7,10-12,14-19H,1,3-4,8-9H2;8,11-13H,10H2,1-7H3;/q2*-1;. The molecule has 1 radical (unpaired) electrons. The van der Waals surface area contributed by atoms with E-state index in [1.165, 1.54) is 47.6 Å². The summed E-state index contributed by atoms with van der Waals surface area (Å²) in [4.78, 5) is 18.8. The molecule has 7 heteroatoms. The van der Waals surface area contributed by atoms with Gasteiger partial charge < -0.3 is 9.40 Å². The first-order valence-electron chi connectivity index (χ1n) is 19.2. The van der Waals surface area contributed by atoms with Crippen molar-refractivity contribution in [3.8, 4) is 33.8 Å². The fraction of sp³-hybridized carbons (Fsp3) is 0.319. The van der Waals surface area contributed by atoms with Crippen molar-refractivity contribution in [3.05, 3.63) is 126 Å². The molecule has 5 aromatic heterocycles. The number of rotatable bonds is 7. The van der Waals surface area contributed by atoms with Gasteiger partial charge >= 0.3 is 138 Å². The van der Waals surface area contributed by atoms with E-state index in [9.17, 15) is 0 Å². The van der Waals surface area contributed by atoms with E-state index in [1.807, 2.05) is 50.4 Å². The van der Waals surface area contributed by atoms with E-state index >= 15 is 0 Å². The molecular weight excluding hydrogens is 901 g/mol. The van der Waals surface area contributed by atoms with E-state index in [0.717, 1.165) is 67.9 Å². The van der Waals surface area contributed by atoms with E-state index in [1.54, 1.807) is 0 Å². The van der Waals surface area contributed by atoms with Crippen molar-refractivity contribution < 1.29 is 24.5 Å². The largest absolute Gasteiger partial charge is 0.486 e. The summed E-state index contributed by atoms with van der Waals surface area (Å²) in [5.74, 6) is 8.60. The molecular formula is C47H50GeIrN4O-2. The average Bonchev–Trinajstić information content (AvgIpc) is 3.53. The second kappa shape index (κ2) is 17.2. The number of benzene rings is 2. The van der Waals surface area contributed by atoms with Crippen LogP contribution in [0.15, 0.2) is 95.7 Å². The molecule has 54 heavy (non-hydrogen) atoms. The first-order chi connectivity index (χ1) is 25.5. The Kier molecular flexibility index (Phi) is 12.7. The summed E-state index contributed by atoms with van der Waals surface area (Å²) in [5.41, 5.74) is 12.2. The molecule has 7 aromatic rings. The molecule has 8 rings (SSSR count). The van der Waals surface area contributed by atoms with Gasteiger partial charge in [0.1, 0.15) is 0 Å². The van der Waals surface area contributed by atoms with Crippen molar-refractivity contribution >= 4 is 39.7 Å². The number of aromatic nitrogens is 4. The Morgan fingerprint density at radius 1 is 0.796 bits per heavy atom. The Labute approximate surface area is 337 Å². The molecule has 0 amide bonds. The van der Waals surface area contributed by atoms with Crippen molar-refractivity contribution in [2.75, 3.05) is 0 Å². The van der Waals surface area contributed by atoms with Gasteiger partial charge in [0.15, 0.2) is 0 Å². The minimum Gasteiger partial charge on any atom is -0.486 e. The zero-order valence-corrected chi connectivity index (χ0v) is 37.1. The van der Waals surface area contributed by atoms with Crippen LogP contribution in [-0.2, 0) is 26.5 Å². The number of furan rings is 1. The van der Waals surface area contributed by atoms with Crippen molar-refractivity contribution in [1.29, 1.82) is 0 Å². The summed E-state index contributed by atoms with van der Waals surface area (Å²) in [6, 6.07) is 33.7. The molecule has 1 fully saturated rings. The maximum absolute atomic E-state index is 6.30. The summed E-state index contributed by atoms with van der Waals surface area (Å²) >= 11 is -1.90. The van der Waals surface area contributed by atoms with Gasteiger partial charge in [0.05, 0.1) is 11.3 Å². The maximum Gasteiger partial charge on any atom is 0.216 e. The van der Waals surface area contributed by atoms with Crippen LogP contribution in [-0.4, -0.2) is 33.2 Å². The summed E-state index contributed by atoms with van der Waals surface area (Å²) in [7, 11) is 0. The van der Waals surface area contributed by atoms with Crippen LogP contribution in [0, 0.1) is 31.9 Å². The van der Waals surface area contributed by atoms with E-state index in [2.05, 4.69) is 108 Å². The van der Waals surface area contributed by atoms with E-state index in [-0.39, 0.29) is 20.1 Å². The zero-order chi connectivity index (χ0) is 37.1. The third kappa shape index (κ3) is 8.94. The van der Waals surface area contributed by atoms with Gasteiger partial charge in [0, 0.05) is 37.3 Å². The van der Waals surface area contributed by atoms with Crippen LogP contribution >= 0.6 is 0 Å². The van der Waals surface area contributed by atoms with E-state index in [0.29, 0.717) is 17.5 Å². The Morgan fingerprint density at radius 2 is 1.56 bits per heavy atom. The smallest absolute Gasteiger partial charge is 0.216 e. The number of hydrogen-bond donors (Lipinski definition) is 0. The summed E-state index contributed by atoms with van der Waals surface area (Å²) in [5, 5.41) is 2.08. The quantitative estimate of drug-likeness (QED) is 0.118. The molecule has 5 heterocycles. The van der Waals surface area contributed by atoms with Gasteiger partial charge in [-0.3, -0.25) is 0 Å². The van der Waals surface area contributed by atoms with E-state index < -0.39 is 13.3 Å². The molecule has 0 saturated heterocycles. The monoisotopic (exact) mass is 953 g/mol. The Hall–Kier alpha value is -3.97. The van der Waals surface area contributed by atoms with Gasteiger partial charge in [-0.2, -0.15) is 0 Å². The number of nitrogens with zero attached hydrogens (tertiary/aromatic N) is 4. The molecule has 0 atom stereocenters. The first kappa shape index (κ1) is 39.7. The molecule has 1 saturated carbocycles. The SMILES string of the molecule is Cc1c[c-]c(-c2cc(CC(C)C)[c]([Ge]([CH3])([CH3])[CH3])cn2)c(C)n1.[Ir].[c-]1ccc2c(oc3nc(-c4ccccc4)ccc32)c1-c1cc(C2CCCCC2)ccn1. The van der Waals surface area contributed by atoms with Crippen LogP contribution in [0.3, 0.4) is 0 Å². The van der Waals surface area contributed by atoms with Gasteiger partial charge in [-0.25, -0.2) is 4.98 Å². The molecule has 2 aromatic carbocycles. The number of aryl methyl sites for hydroxylation is 2. The summed E-state index contributed by atoms with van der Waals surface area (Å²) < 4.78 is 7.83. The molecule has 5 nitrogen and oxygen atoms in total. The van der Waals surface area contributed by atoms with Gasteiger partial charge in [-0.1, -0.05) is 72.2 Å². The van der Waals surface area contributed by atoms with Crippen LogP contribution < -0.4 is 4.40 Å². The van der Waals surface area contributed by atoms with Crippen LogP contribution in [0.4, 0.5) is 0 Å². The van der Waals surface area contributed by atoms with Gasteiger partial charge in [-0.15, -0.1) is 18.2 Å². The summed E-state index contributed by atoms with van der Waals surface area (Å²) in [6.07, 6.45) is 11.7. The molecule has 1 aliphatic rings. The second-order valence-electron chi connectivity index (χ2n) is 16.0. The third-order valence-electron chi connectivity index (χ3n) is 10.3. The van der Waals surface area contributed by atoms with Crippen molar-refractivity contribution in [2.45, 2.75) is 89.4 Å². The molecule has 1 aliphatic carbocycles. The van der Waals surface area contributed by atoms with Crippen LogP contribution in [0.1, 0.15) is 74.4 Å². The van der Waals surface area contributed by atoms with Crippen LogP contribution in [0.5, 0.6) is 0 Å². The summed E-state index contributed by atoms with van der Waals surface area (Å²) in [6.45, 7) is 8.61.